The van der Waals surface area contributed by atoms with Gasteiger partial charge in [-0.1, -0.05) is 0 Å². The van der Waals surface area contributed by atoms with Crippen LogP contribution in [0.15, 0.2) is 11.9 Å². The van der Waals surface area contributed by atoms with Gasteiger partial charge in [-0.2, -0.15) is 3.71 Å². The number of nitrogens with zero attached hydrogens (tertiary/aromatic N) is 2. The Bertz CT molecular complexity index is 571. The van der Waals surface area contributed by atoms with Crippen molar-refractivity contribution in [2.75, 3.05) is 19.1 Å². The Morgan fingerprint density at radius 2 is 1.68 bits per heavy atom. The molecule has 0 rings (SSSR count). The third-order valence-corrected chi connectivity index (χ3v) is 4.71. The lowest BCUT2D eigenvalue weighted by atomic mass is 10.5. The van der Waals surface area contributed by atoms with Crippen LogP contribution in [0.4, 0.5) is 0 Å². The number of nitro groups is 1. The third-order valence-electron chi connectivity index (χ3n) is 1.56. The van der Waals surface area contributed by atoms with E-state index in [9.17, 15) is 31.7 Å². The number of hydrogen-bond donors (Lipinski definition) is 0. The van der Waals surface area contributed by atoms with Gasteiger partial charge in [0.1, 0.15) is 6.20 Å². The van der Waals surface area contributed by atoms with Crippen LogP contribution in [0.1, 0.15) is 6.92 Å². The lowest BCUT2D eigenvalue weighted by Gasteiger charge is -2.14. The number of sulfonamides is 2. The molecule has 110 valence electrons. The van der Waals surface area contributed by atoms with E-state index in [4.69, 9.17) is 0 Å². The summed E-state index contributed by atoms with van der Waals surface area (Å²) in [5.41, 5.74) is -1.31. The zero-order chi connectivity index (χ0) is 15.4. The molecule has 0 saturated heterocycles. The van der Waals surface area contributed by atoms with Crippen LogP contribution in [-0.2, 0) is 29.6 Å². The van der Waals surface area contributed by atoms with Gasteiger partial charge in [0.05, 0.1) is 24.0 Å². The Labute approximate surface area is 109 Å². The molecule has 19 heavy (non-hydrogen) atoms. The van der Waals surface area contributed by atoms with Gasteiger partial charge in [-0.15, -0.1) is 0 Å². The van der Waals surface area contributed by atoms with E-state index in [-0.39, 0.29) is 16.5 Å². The van der Waals surface area contributed by atoms with Crippen molar-refractivity contribution >= 4 is 26.0 Å². The lowest BCUT2D eigenvalue weighted by Crippen LogP contribution is -2.32. The van der Waals surface area contributed by atoms with Gasteiger partial charge in [-0.05, 0) is 6.92 Å². The predicted octanol–water partition coefficient (Wildman–Crippen LogP) is -1.11. The first-order chi connectivity index (χ1) is 8.41. The number of rotatable bonds is 6. The Morgan fingerprint density at radius 1 is 1.26 bits per heavy atom. The standard InChI is InChI=1S/C7H12N2O8S2/c1-4-17-7(10)6(9(11)12)5-8(18(2,13)14)19(3,15)16/h5H,4H2,1-3H3/b6-5-. The number of esters is 1. The van der Waals surface area contributed by atoms with Crippen molar-refractivity contribution in [3.63, 3.8) is 0 Å². The first kappa shape index (κ1) is 17.3. The summed E-state index contributed by atoms with van der Waals surface area (Å²) in [5.74, 6) is -1.44. The summed E-state index contributed by atoms with van der Waals surface area (Å²) < 4.78 is 49.0. The Balaban J connectivity index is 5.91. The maximum absolute atomic E-state index is 11.2. The minimum Gasteiger partial charge on any atom is -0.458 e. The van der Waals surface area contributed by atoms with Crippen LogP contribution in [-0.4, -0.2) is 50.6 Å². The molecule has 0 aliphatic heterocycles. The highest BCUT2D eigenvalue weighted by Gasteiger charge is 2.31. The molecule has 0 aliphatic rings. The summed E-state index contributed by atoms with van der Waals surface area (Å²) >= 11 is 0. The first-order valence-electron chi connectivity index (χ1n) is 4.64. The van der Waals surface area contributed by atoms with Crippen molar-refractivity contribution in [3.05, 3.63) is 22.0 Å². The average Bonchev–Trinajstić information content (AvgIpc) is 2.13. The fraction of sp³-hybridized carbons (Fsp3) is 0.571. The third kappa shape index (κ3) is 5.21. The molecule has 12 heteroatoms. The second-order valence-corrected chi connectivity index (χ2v) is 7.19. The van der Waals surface area contributed by atoms with Crippen molar-refractivity contribution < 1.29 is 31.3 Å². The van der Waals surface area contributed by atoms with Gasteiger partial charge in [0.25, 0.3) is 0 Å². The Kier molecular flexibility index (Phi) is 5.44. The molecule has 0 spiro atoms. The highest BCUT2D eigenvalue weighted by Crippen LogP contribution is 2.11. The van der Waals surface area contributed by atoms with E-state index in [1.54, 1.807) is 0 Å². The monoisotopic (exact) mass is 316 g/mol. The maximum atomic E-state index is 11.2. The van der Waals surface area contributed by atoms with Crippen LogP contribution >= 0.6 is 0 Å². The fourth-order valence-electron chi connectivity index (χ4n) is 0.917. The Morgan fingerprint density at radius 3 is 1.95 bits per heavy atom. The molecule has 0 aromatic heterocycles. The summed E-state index contributed by atoms with van der Waals surface area (Å²) in [4.78, 5) is 20.6. The van der Waals surface area contributed by atoms with Crippen LogP contribution in [0.3, 0.4) is 0 Å². The van der Waals surface area contributed by atoms with Crippen molar-refractivity contribution in [1.29, 1.82) is 0 Å². The van der Waals surface area contributed by atoms with E-state index in [0.29, 0.717) is 12.5 Å². The average molecular weight is 316 g/mol. The van der Waals surface area contributed by atoms with Gasteiger partial charge in [0.2, 0.25) is 20.0 Å². The second kappa shape index (κ2) is 5.97. The smallest absolute Gasteiger partial charge is 0.411 e. The minimum atomic E-state index is -4.34. The van der Waals surface area contributed by atoms with Gasteiger partial charge in [-0.3, -0.25) is 10.1 Å². The molecule has 0 aliphatic carbocycles. The topological polar surface area (TPSA) is 141 Å². The van der Waals surface area contributed by atoms with Crippen LogP contribution in [0, 0.1) is 10.1 Å². The molecular weight excluding hydrogens is 304 g/mol. The summed E-state index contributed by atoms with van der Waals surface area (Å²) in [5, 5.41) is 10.6. The van der Waals surface area contributed by atoms with Crippen LogP contribution in [0.2, 0.25) is 0 Å². The van der Waals surface area contributed by atoms with Crippen LogP contribution < -0.4 is 0 Å². The van der Waals surface area contributed by atoms with E-state index < -0.39 is 36.6 Å². The van der Waals surface area contributed by atoms with Gasteiger partial charge in [-0.25, -0.2) is 21.6 Å². The van der Waals surface area contributed by atoms with Gasteiger partial charge < -0.3 is 4.74 Å². The molecule has 0 aromatic rings. The van der Waals surface area contributed by atoms with Crippen molar-refractivity contribution in [1.82, 2.24) is 3.71 Å². The largest absolute Gasteiger partial charge is 0.458 e. The maximum Gasteiger partial charge on any atom is 0.411 e. The minimum absolute atomic E-state index is 0.0999. The van der Waals surface area contributed by atoms with E-state index in [2.05, 4.69) is 4.74 Å². The zero-order valence-corrected chi connectivity index (χ0v) is 11.9. The van der Waals surface area contributed by atoms with E-state index in [0.717, 1.165) is 0 Å². The van der Waals surface area contributed by atoms with Crippen LogP contribution in [0.5, 0.6) is 0 Å². The van der Waals surface area contributed by atoms with Gasteiger partial charge in [0.15, 0.2) is 0 Å². The molecule has 0 radical (unpaired) electrons. The highest BCUT2D eigenvalue weighted by molar-refractivity contribution is 8.03. The van der Waals surface area contributed by atoms with E-state index >= 15 is 0 Å². The molecule has 0 unspecified atom stereocenters. The molecule has 10 nitrogen and oxygen atoms in total. The summed E-state index contributed by atoms with van der Waals surface area (Å²) in [6.07, 6.45) is 1.14. The predicted molar refractivity (Wildman–Crippen MR) is 63.2 cm³/mol. The molecule has 0 heterocycles. The van der Waals surface area contributed by atoms with Crippen LogP contribution in [0.25, 0.3) is 0 Å². The summed E-state index contributed by atoms with van der Waals surface area (Å²) in [7, 11) is -8.69. The molecule has 0 N–H and O–H groups in total. The number of hydrogen-bond acceptors (Lipinski definition) is 8. The van der Waals surface area contributed by atoms with E-state index in [1.807, 2.05) is 0 Å². The van der Waals surface area contributed by atoms with Gasteiger partial charge in [0, 0.05) is 0 Å². The second-order valence-electron chi connectivity index (χ2n) is 3.24. The highest BCUT2D eigenvalue weighted by atomic mass is 32.3. The molecule has 0 saturated carbocycles. The number of ether oxygens (including phenoxy) is 1. The van der Waals surface area contributed by atoms with Gasteiger partial charge >= 0.3 is 11.7 Å². The zero-order valence-electron chi connectivity index (χ0n) is 10.3. The molecule has 0 amide bonds. The normalized spacial score (nSPS) is 12.9. The SMILES string of the molecule is CCOC(=O)/C(=C/N(S(C)(=O)=O)S(C)(=O)=O)[N+](=O)[O-]. The summed E-state index contributed by atoms with van der Waals surface area (Å²) in [6.45, 7) is 1.18. The van der Waals surface area contributed by atoms with Crippen molar-refractivity contribution in [2.24, 2.45) is 0 Å². The Hall–Kier alpha value is -1.69. The summed E-state index contributed by atoms with van der Waals surface area (Å²) in [6, 6.07) is 0. The van der Waals surface area contributed by atoms with Crippen molar-refractivity contribution in [2.45, 2.75) is 6.92 Å². The number of carbonyl (C=O) groups excluding carboxylic acids is 1. The fourth-order valence-corrected chi connectivity index (χ4v) is 3.47. The molecule has 0 aromatic carbocycles. The lowest BCUT2D eigenvalue weighted by molar-refractivity contribution is -0.421. The molecule has 0 bridgehead atoms. The quantitative estimate of drug-likeness (QED) is 0.260. The van der Waals surface area contributed by atoms with Crippen molar-refractivity contribution in [3.8, 4) is 0 Å². The van der Waals surface area contributed by atoms with E-state index in [1.165, 1.54) is 6.92 Å². The molecular formula is C7H12N2O8S2. The first-order valence-corrected chi connectivity index (χ1v) is 8.33. The molecule has 0 fully saturated rings. The number of carbonyl (C=O) groups is 1. The molecule has 0 atom stereocenters.